The van der Waals surface area contributed by atoms with Crippen LogP contribution >= 0.6 is 0 Å². The summed E-state index contributed by atoms with van der Waals surface area (Å²) in [5, 5.41) is 8.81. The molecule has 1 amide bonds. The summed E-state index contributed by atoms with van der Waals surface area (Å²) in [5.41, 5.74) is 0.336. The molecule has 0 saturated carbocycles. The van der Waals surface area contributed by atoms with Crippen molar-refractivity contribution in [3.63, 3.8) is 0 Å². The van der Waals surface area contributed by atoms with Crippen molar-refractivity contribution in [2.45, 2.75) is 19.8 Å². The highest BCUT2D eigenvalue weighted by atomic mass is 16.4. The van der Waals surface area contributed by atoms with Crippen LogP contribution in [0.5, 0.6) is 0 Å². The summed E-state index contributed by atoms with van der Waals surface area (Å²) in [7, 11) is 1.70. The van der Waals surface area contributed by atoms with Gasteiger partial charge in [0.2, 0.25) is 0 Å². The molecule has 5 nitrogen and oxygen atoms in total. The van der Waals surface area contributed by atoms with Crippen molar-refractivity contribution >= 4 is 11.9 Å². The largest absolute Gasteiger partial charge is 0.478 e. The van der Waals surface area contributed by atoms with Crippen LogP contribution in [-0.4, -0.2) is 40.5 Å². The number of aromatic carboxylic acids is 1. The van der Waals surface area contributed by atoms with Crippen LogP contribution < -0.4 is 0 Å². The summed E-state index contributed by atoms with van der Waals surface area (Å²) in [6, 6.07) is 1.35. The lowest BCUT2D eigenvalue weighted by Gasteiger charge is -2.16. The molecule has 0 saturated heterocycles. The van der Waals surface area contributed by atoms with Crippen molar-refractivity contribution in [2.75, 3.05) is 13.6 Å². The van der Waals surface area contributed by atoms with Crippen LogP contribution in [0.3, 0.4) is 0 Å². The smallest absolute Gasteiger partial charge is 0.337 e. The molecule has 5 heteroatoms. The van der Waals surface area contributed by atoms with E-state index in [-0.39, 0.29) is 11.5 Å². The molecule has 92 valence electrons. The summed E-state index contributed by atoms with van der Waals surface area (Å²) in [6.45, 7) is 2.71. The maximum atomic E-state index is 11.9. The van der Waals surface area contributed by atoms with Gasteiger partial charge in [0.05, 0.1) is 11.1 Å². The third kappa shape index (κ3) is 3.55. The van der Waals surface area contributed by atoms with Gasteiger partial charge in [-0.25, -0.2) is 4.79 Å². The molecule has 0 aliphatic rings. The van der Waals surface area contributed by atoms with Crippen molar-refractivity contribution in [3.8, 4) is 0 Å². The predicted octanol–water partition coefficient (Wildman–Crippen LogP) is 1.65. The van der Waals surface area contributed by atoms with Gasteiger partial charge in [-0.3, -0.25) is 9.78 Å². The molecule has 1 rings (SSSR count). The fraction of sp³-hybridized carbons (Fsp3) is 0.417. The van der Waals surface area contributed by atoms with Gasteiger partial charge in [-0.1, -0.05) is 13.3 Å². The Labute approximate surface area is 100 Å². The summed E-state index contributed by atoms with van der Waals surface area (Å²) < 4.78 is 0. The molecular weight excluding hydrogens is 220 g/mol. The van der Waals surface area contributed by atoms with E-state index in [9.17, 15) is 9.59 Å². The lowest BCUT2D eigenvalue weighted by molar-refractivity contribution is 0.0696. The molecule has 1 aromatic heterocycles. The van der Waals surface area contributed by atoms with Crippen molar-refractivity contribution in [1.29, 1.82) is 0 Å². The van der Waals surface area contributed by atoms with Gasteiger partial charge in [-0.15, -0.1) is 0 Å². The Morgan fingerprint density at radius 1 is 1.35 bits per heavy atom. The van der Waals surface area contributed by atoms with Crippen molar-refractivity contribution < 1.29 is 14.7 Å². The molecule has 0 spiro atoms. The monoisotopic (exact) mass is 236 g/mol. The summed E-state index contributed by atoms with van der Waals surface area (Å²) >= 11 is 0. The number of carboxylic acids is 1. The average molecular weight is 236 g/mol. The van der Waals surface area contributed by atoms with Gasteiger partial charge in [0.25, 0.3) is 5.91 Å². The highest BCUT2D eigenvalue weighted by molar-refractivity contribution is 5.96. The van der Waals surface area contributed by atoms with E-state index in [1.165, 1.54) is 18.5 Å². The minimum atomic E-state index is -1.08. The number of unbranched alkanes of at least 4 members (excludes halogenated alkanes) is 1. The number of aromatic nitrogens is 1. The number of nitrogens with zero attached hydrogens (tertiary/aromatic N) is 2. The number of amides is 1. The maximum absolute atomic E-state index is 11.9. The number of carbonyl (C=O) groups is 2. The Hall–Kier alpha value is -1.91. The fourth-order valence-electron chi connectivity index (χ4n) is 1.39. The molecule has 0 aliphatic carbocycles. The SMILES string of the molecule is CCCCN(C)C(=O)c1cncc(C(=O)O)c1. The van der Waals surface area contributed by atoms with E-state index in [2.05, 4.69) is 4.98 Å². The van der Waals surface area contributed by atoms with E-state index in [1.54, 1.807) is 11.9 Å². The number of hydrogen-bond donors (Lipinski definition) is 1. The van der Waals surface area contributed by atoms with Gasteiger partial charge in [-0.2, -0.15) is 0 Å². The summed E-state index contributed by atoms with van der Waals surface area (Å²) in [4.78, 5) is 28.0. The molecule has 0 atom stereocenters. The van der Waals surface area contributed by atoms with Gasteiger partial charge in [0.1, 0.15) is 0 Å². The molecule has 0 unspecified atom stereocenters. The minimum Gasteiger partial charge on any atom is -0.478 e. The first-order valence-corrected chi connectivity index (χ1v) is 5.50. The number of rotatable bonds is 5. The van der Waals surface area contributed by atoms with Gasteiger partial charge < -0.3 is 10.0 Å². The highest BCUT2D eigenvalue weighted by Gasteiger charge is 2.13. The summed E-state index contributed by atoms with van der Waals surface area (Å²) in [5.74, 6) is -1.28. The molecule has 0 bridgehead atoms. The van der Waals surface area contributed by atoms with Gasteiger partial charge >= 0.3 is 5.97 Å². The van der Waals surface area contributed by atoms with Crippen LogP contribution in [-0.2, 0) is 0 Å². The number of carboxylic acid groups (broad SMARTS) is 1. The predicted molar refractivity (Wildman–Crippen MR) is 63.1 cm³/mol. The second-order valence-corrected chi connectivity index (χ2v) is 3.85. The van der Waals surface area contributed by atoms with Gasteiger partial charge in [0, 0.05) is 26.0 Å². The molecule has 0 radical (unpaired) electrons. The minimum absolute atomic E-state index is 0.0275. The van der Waals surface area contributed by atoms with Gasteiger partial charge in [0.15, 0.2) is 0 Å². The zero-order valence-electron chi connectivity index (χ0n) is 10.0. The van der Waals surface area contributed by atoms with Gasteiger partial charge in [-0.05, 0) is 12.5 Å². The lowest BCUT2D eigenvalue weighted by atomic mass is 10.2. The second-order valence-electron chi connectivity index (χ2n) is 3.85. The van der Waals surface area contributed by atoms with Crippen LogP contribution in [0, 0.1) is 0 Å². The number of pyridine rings is 1. The number of carbonyl (C=O) groups excluding carboxylic acids is 1. The Morgan fingerprint density at radius 2 is 2.00 bits per heavy atom. The molecular formula is C12H16N2O3. The topological polar surface area (TPSA) is 70.5 Å². The maximum Gasteiger partial charge on any atom is 0.337 e. The fourth-order valence-corrected chi connectivity index (χ4v) is 1.39. The molecule has 1 aromatic rings. The van der Waals surface area contributed by atoms with Crippen molar-refractivity contribution in [1.82, 2.24) is 9.88 Å². The van der Waals surface area contributed by atoms with E-state index in [1.807, 2.05) is 6.92 Å². The quantitative estimate of drug-likeness (QED) is 0.843. The first kappa shape index (κ1) is 13.2. The van der Waals surface area contributed by atoms with Crippen LogP contribution in [0.1, 0.15) is 40.5 Å². The number of hydrogen-bond acceptors (Lipinski definition) is 3. The van der Waals surface area contributed by atoms with Crippen LogP contribution in [0.4, 0.5) is 0 Å². The first-order valence-electron chi connectivity index (χ1n) is 5.50. The molecule has 0 aliphatic heterocycles. The van der Waals surface area contributed by atoms with E-state index in [0.717, 1.165) is 12.8 Å². The lowest BCUT2D eigenvalue weighted by Crippen LogP contribution is -2.28. The zero-order chi connectivity index (χ0) is 12.8. The molecule has 1 N–H and O–H groups in total. The van der Waals surface area contributed by atoms with Crippen LogP contribution in [0.2, 0.25) is 0 Å². The van der Waals surface area contributed by atoms with Crippen molar-refractivity contribution in [2.24, 2.45) is 0 Å². The Balaban J connectivity index is 2.81. The molecule has 0 fully saturated rings. The third-order valence-electron chi connectivity index (χ3n) is 2.43. The third-order valence-corrected chi connectivity index (χ3v) is 2.43. The first-order chi connectivity index (χ1) is 8.06. The second kappa shape index (κ2) is 5.98. The molecule has 0 aromatic carbocycles. The van der Waals surface area contributed by atoms with E-state index in [0.29, 0.717) is 12.1 Å². The van der Waals surface area contributed by atoms with E-state index < -0.39 is 5.97 Å². The van der Waals surface area contributed by atoms with Crippen LogP contribution in [0.25, 0.3) is 0 Å². The summed E-state index contributed by atoms with van der Waals surface area (Å²) in [6.07, 6.45) is 4.54. The Morgan fingerprint density at radius 3 is 2.59 bits per heavy atom. The van der Waals surface area contributed by atoms with Crippen LogP contribution in [0.15, 0.2) is 18.5 Å². The highest BCUT2D eigenvalue weighted by Crippen LogP contribution is 2.06. The standard InChI is InChI=1S/C12H16N2O3/c1-3-4-5-14(2)11(15)9-6-10(12(16)17)8-13-7-9/h6-8H,3-5H2,1-2H3,(H,16,17). The average Bonchev–Trinajstić information content (AvgIpc) is 2.35. The Kier molecular flexibility index (Phi) is 4.63. The van der Waals surface area contributed by atoms with E-state index in [4.69, 9.17) is 5.11 Å². The molecule has 1 heterocycles. The zero-order valence-corrected chi connectivity index (χ0v) is 10.0. The van der Waals surface area contributed by atoms with Crippen molar-refractivity contribution in [3.05, 3.63) is 29.6 Å². The Bertz CT molecular complexity index is 418. The normalized spacial score (nSPS) is 10.0. The molecule has 17 heavy (non-hydrogen) atoms. The van der Waals surface area contributed by atoms with E-state index >= 15 is 0 Å².